The number of carbonyl (C=O) groups excluding carboxylic acids is 1. The summed E-state index contributed by atoms with van der Waals surface area (Å²) in [4.78, 5) is 12.3. The first-order valence-electron chi connectivity index (χ1n) is 5.09. The van der Waals surface area contributed by atoms with Crippen molar-refractivity contribution in [2.75, 3.05) is 17.6 Å². The molecule has 2 rings (SSSR count). The van der Waals surface area contributed by atoms with Crippen molar-refractivity contribution in [2.24, 2.45) is 11.5 Å². The van der Waals surface area contributed by atoms with Crippen LogP contribution in [0.2, 0.25) is 0 Å². The molecule has 1 atom stereocenters. The number of nitrogens with one attached hydrogen (secondary N) is 1. The van der Waals surface area contributed by atoms with Crippen LogP contribution in [-0.4, -0.2) is 18.2 Å². The van der Waals surface area contributed by atoms with Crippen molar-refractivity contribution < 1.29 is 4.79 Å². The van der Waals surface area contributed by atoms with Crippen molar-refractivity contribution >= 4 is 23.4 Å². The van der Waals surface area contributed by atoms with Crippen LogP contribution in [0.25, 0.3) is 0 Å². The summed E-state index contributed by atoms with van der Waals surface area (Å²) in [6, 6.07) is 5.86. The van der Waals surface area contributed by atoms with Crippen LogP contribution in [-0.2, 0) is 10.3 Å². The van der Waals surface area contributed by atoms with E-state index >= 15 is 0 Å². The van der Waals surface area contributed by atoms with Crippen LogP contribution in [0, 0.1) is 0 Å². The highest BCUT2D eigenvalue weighted by molar-refractivity contribution is 8.00. The van der Waals surface area contributed by atoms with Gasteiger partial charge in [-0.25, -0.2) is 0 Å². The maximum absolute atomic E-state index is 11.3. The van der Waals surface area contributed by atoms with Gasteiger partial charge in [-0.05, 0) is 24.6 Å². The van der Waals surface area contributed by atoms with Crippen LogP contribution in [0.15, 0.2) is 23.1 Å². The highest BCUT2D eigenvalue weighted by Gasteiger charge is 2.22. The Morgan fingerprint density at radius 2 is 2.31 bits per heavy atom. The largest absolute Gasteiger partial charge is 0.328 e. The molecule has 1 aromatic carbocycles. The predicted molar refractivity (Wildman–Crippen MR) is 66.4 cm³/mol. The topological polar surface area (TPSA) is 81.1 Å². The van der Waals surface area contributed by atoms with Crippen LogP contribution >= 0.6 is 11.8 Å². The summed E-state index contributed by atoms with van der Waals surface area (Å²) in [7, 11) is 0. The molecule has 0 saturated heterocycles. The third-order valence-electron chi connectivity index (χ3n) is 2.70. The van der Waals surface area contributed by atoms with Gasteiger partial charge in [0.2, 0.25) is 5.91 Å². The number of hydrogen-bond acceptors (Lipinski definition) is 4. The SMILES string of the molecule is CC(N)(CN)c1ccc2c(c1)NC(=O)CS2. The van der Waals surface area contributed by atoms with Crippen LogP contribution in [0.3, 0.4) is 0 Å². The van der Waals surface area contributed by atoms with Gasteiger partial charge in [-0.1, -0.05) is 6.07 Å². The van der Waals surface area contributed by atoms with Crippen LogP contribution in [0.4, 0.5) is 5.69 Å². The van der Waals surface area contributed by atoms with Crippen molar-refractivity contribution in [3.8, 4) is 0 Å². The van der Waals surface area contributed by atoms with Crippen molar-refractivity contribution in [3.05, 3.63) is 23.8 Å². The molecule has 1 aliphatic rings. The van der Waals surface area contributed by atoms with Crippen molar-refractivity contribution in [1.29, 1.82) is 0 Å². The summed E-state index contributed by atoms with van der Waals surface area (Å²) in [6.07, 6.45) is 0. The molecule has 0 bridgehead atoms. The number of thioether (sulfide) groups is 1. The lowest BCUT2D eigenvalue weighted by Crippen LogP contribution is -2.41. The molecular weight excluding hydrogens is 222 g/mol. The minimum Gasteiger partial charge on any atom is -0.328 e. The lowest BCUT2D eigenvalue weighted by Gasteiger charge is -2.25. The van der Waals surface area contributed by atoms with Gasteiger partial charge in [0, 0.05) is 11.4 Å². The van der Waals surface area contributed by atoms with Gasteiger partial charge in [0.05, 0.1) is 17.0 Å². The zero-order valence-corrected chi connectivity index (χ0v) is 9.93. The molecule has 0 aromatic heterocycles. The molecule has 1 unspecified atom stereocenters. The second-order valence-electron chi connectivity index (χ2n) is 4.17. The van der Waals surface area contributed by atoms with E-state index < -0.39 is 5.54 Å². The number of benzene rings is 1. The Labute approximate surface area is 98.8 Å². The van der Waals surface area contributed by atoms with Gasteiger partial charge in [-0.15, -0.1) is 11.8 Å². The summed E-state index contributed by atoms with van der Waals surface area (Å²) in [5.41, 5.74) is 12.9. The molecule has 0 radical (unpaired) electrons. The molecule has 0 spiro atoms. The van der Waals surface area contributed by atoms with Gasteiger partial charge in [0.15, 0.2) is 0 Å². The number of carbonyl (C=O) groups is 1. The molecule has 0 fully saturated rings. The van der Waals surface area contributed by atoms with E-state index in [1.54, 1.807) is 0 Å². The molecule has 5 heteroatoms. The first-order valence-corrected chi connectivity index (χ1v) is 6.07. The normalized spacial score (nSPS) is 18.6. The van der Waals surface area contributed by atoms with E-state index in [4.69, 9.17) is 11.5 Å². The minimum absolute atomic E-state index is 0.0288. The van der Waals surface area contributed by atoms with E-state index in [-0.39, 0.29) is 5.91 Å². The highest BCUT2D eigenvalue weighted by atomic mass is 32.2. The summed E-state index contributed by atoms with van der Waals surface area (Å²) in [6.45, 7) is 2.25. The predicted octanol–water partition coefficient (Wildman–Crippen LogP) is 0.863. The summed E-state index contributed by atoms with van der Waals surface area (Å²) < 4.78 is 0. The molecule has 1 aliphatic heterocycles. The Bertz CT molecular complexity index is 431. The average molecular weight is 237 g/mol. The molecule has 5 N–H and O–H groups in total. The number of amides is 1. The van der Waals surface area contributed by atoms with Gasteiger partial charge >= 0.3 is 0 Å². The molecule has 1 amide bonds. The van der Waals surface area contributed by atoms with Gasteiger partial charge in [-0.2, -0.15) is 0 Å². The van der Waals surface area contributed by atoms with E-state index in [1.165, 1.54) is 11.8 Å². The Hall–Kier alpha value is -1.04. The van der Waals surface area contributed by atoms with Crippen LogP contribution in [0.5, 0.6) is 0 Å². The Balaban J connectivity index is 2.38. The van der Waals surface area contributed by atoms with Crippen molar-refractivity contribution in [3.63, 3.8) is 0 Å². The molecule has 16 heavy (non-hydrogen) atoms. The maximum Gasteiger partial charge on any atom is 0.234 e. The second-order valence-corrected chi connectivity index (χ2v) is 5.19. The Kier molecular flexibility index (Phi) is 2.92. The van der Waals surface area contributed by atoms with Crippen LogP contribution < -0.4 is 16.8 Å². The third-order valence-corrected chi connectivity index (χ3v) is 3.77. The van der Waals surface area contributed by atoms with Gasteiger partial charge in [-0.3, -0.25) is 4.79 Å². The lowest BCUT2D eigenvalue weighted by atomic mass is 9.93. The monoisotopic (exact) mass is 237 g/mol. The molecule has 1 aromatic rings. The van der Waals surface area contributed by atoms with E-state index in [2.05, 4.69) is 5.32 Å². The van der Waals surface area contributed by atoms with E-state index in [0.717, 1.165) is 16.1 Å². The van der Waals surface area contributed by atoms with E-state index in [9.17, 15) is 4.79 Å². The van der Waals surface area contributed by atoms with E-state index in [1.807, 2.05) is 25.1 Å². The number of fused-ring (bicyclic) bond motifs is 1. The van der Waals surface area contributed by atoms with E-state index in [0.29, 0.717) is 12.3 Å². The fourth-order valence-corrected chi connectivity index (χ4v) is 2.34. The lowest BCUT2D eigenvalue weighted by molar-refractivity contribution is -0.113. The molecule has 4 nitrogen and oxygen atoms in total. The van der Waals surface area contributed by atoms with Gasteiger partial charge < -0.3 is 16.8 Å². The minimum atomic E-state index is -0.554. The second kappa shape index (κ2) is 4.08. The molecule has 86 valence electrons. The van der Waals surface area contributed by atoms with Gasteiger partial charge in [0.1, 0.15) is 0 Å². The number of rotatable bonds is 2. The number of nitrogens with two attached hydrogens (primary N) is 2. The van der Waals surface area contributed by atoms with Crippen molar-refractivity contribution in [1.82, 2.24) is 0 Å². The average Bonchev–Trinajstić information content (AvgIpc) is 2.28. The smallest absolute Gasteiger partial charge is 0.234 e. The third kappa shape index (κ3) is 2.07. The zero-order chi connectivity index (χ0) is 11.8. The quantitative estimate of drug-likeness (QED) is 0.712. The molecule has 1 heterocycles. The Morgan fingerprint density at radius 3 is 3.00 bits per heavy atom. The fraction of sp³-hybridized carbons (Fsp3) is 0.364. The standard InChI is InChI=1S/C11H15N3OS/c1-11(13,6-12)7-2-3-9-8(4-7)14-10(15)5-16-9/h2-4H,5-6,12-13H2,1H3,(H,14,15). The number of hydrogen-bond donors (Lipinski definition) is 3. The highest BCUT2D eigenvalue weighted by Crippen LogP contribution is 2.33. The fourth-order valence-electron chi connectivity index (χ4n) is 1.56. The van der Waals surface area contributed by atoms with Crippen LogP contribution in [0.1, 0.15) is 12.5 Å². The maximum atomic E-state index is 11.3. The molecule has 0 aliphatic carbocycles. The van der Waals surface area contributed by atoms with Crippen molar-refractivity contribution in [2.45, 2.75) is 17.4 Å². The zero-order valence-electron chi connectivity index (χ0n) is 9.12. The first-order chi connectivity index (χ1) is 7.53. The van der Waals surface area contributed by atoms with Gasteiger partial charge in [0.25, 0.3) is 0 Å². The molecular formula is C11H15N3OS. The summed E-state index contributed by atoms with van der Waals surface area (Å²) in [5.74, 6) is 0.504. The summed E-state index contributed by atoms with van der Waals surface area (Å²) in [5, 5.41) is 2.84. The first kappa shape index (κ1) is 11.4. The summed E-state index contributed by atoms with van der Waals surface area (Å²) >= 11 is 1.54. The Morgan fingerprint density at radius 1 is 1.56 bits per heavy atom. The number of anilines is 1. The molecule has 0 saturated carbocycles.